The van der Waals surface area contributed by atoms with Crippen molar-refractivity contribution < 1.29 is 9.47 Å². The average Bonchev–Trinajstić information content (AvgIpc) is 2.47. The van der Waals surface area contributed by atoms with Gasteiger partial charge in [-0.3, -0.25) is 0 Å². The van der Waals surface area contributed by atoms with Crippen molar-refractivity contribution in [3.8, 4) is 5.75 Å². The molecule has 1 heterocycles. The first-order valence-electron chi connectivity index (χ1n) is 6.53. The lowest BCUT2D eigenvalue weighted by Crippen LogP contribution is -2.41. The van der Waals surface area contributed by atoms with E-state index >= 15 is 0 Å². The van der Waals surface area contributed by atoms with E-state index in [1.165, 1.54) is 6.08 Å². The minimum atomic E-state index is 0.0222. The smallest absolute Gasteiger partial charge is 0.238 e. The van der Waals surface area contributed by atoms with Crippen LogP contribution in [0, 0.1) is 0 Å². The van der Waals surface area contributed by atoms with Gasteiger partial charge in [-0.25, -0.2) is 0 Å². The molecule has 1 aromatic carbocycles. The van der Waals surface area contributed by atoms with Crippen LogP contribution in [0.25, 0.3) is 0 Å². The van der Waals surface area contributed by atoms with Crippen LogP contribution in [0.15, 0.2) is 47.1 Å². The third-order valence-corrected chi connectivity index (χ3v) is 3.07. The number of morpholine rings is 1. The number of rotatable bonds is 4. The fourth-order valence-corrected chi connectivity index (χ4v) is 2.16. The predicted molar refractivity (Wildman–Crippen MR) is 80.4 cm³/mol. The predicted octanol–water partition coefficient (Wildman–Crippen LogP) is 2.31. The van der Waals surface area contributed by atoms with E-state index < -0.39 is 0 Å². The van der Waals surface area contributed by atoms with E-state index in [1.54, 1.807) is 0 Å². The van der Waals surface area contributed by atoms with Crippen molar-refractivity contribution in [1.82, 2.24) is 5.32 Å². The summed E-state index contributed by atoms with van der Waals surface area (Å²) >= 11 is 0. The van der Waals surface area contributed by atoms with Crippen LogP contribution in [0.3, 0.4) is 0 Å². The summed E-state index contributed by atoms with van der Waals surface area (Å²) in [7, 11) is 0. The monoisotopic (exact) mass is 273 g/mol. The first-order valence-corrected chi connectivity index (χ1v) is 6.53. The Bertz CT molecular complexity index is 514. The summed E-state index contributed by atoms with van der Waals surface area (Å²) in [6.45, 7) is 10.6. The molecule has 1 saturated heterocycles. The van der Waals surface area contributed by atoms with Crippen molar-refractivity contribution in [2.75, 3.05) is 13.2 Å². The second-order valence-electron chi connectivity index (χ2n) is 4.49. The molecule has 2 rings (SSSR count). The lowest BCUT2D eigenvalue weighted by Gasteiger charge is -2.30. The molecule has 2 atom stereocenters. The zero-order chi connectivity index (χ0) is 14.4. The maximum atomic E-state index is 5.81. The van der Waals surface area contributed by atoms with Crippen molar-refractivity contribution in [2.45, 2.75) is 19.1 Å². The van der Waals surface area contributed by atoms with E-state index in [2.05, 4.69) is 35.7 Å². The molecule has 1 aromatic rings. The maximum Gasteiger partial charge on any atom is 0.238 e. The van der Waals surface area contributed by atoms with Gasteiger partial charge < -0.3 is 14.8 Å². The van der Waals surface area contributed by atoms with Crippen LogP contribution < -0.4 is 10.1 Å². The third kappa shape index (κ3) is 3.53. The summed E-state index contributed by atoms with van der Waals surface area (Å²) in [5.41, 5.74) is 1.07. The second kappa shape index (κ2) is 6.98. The molecule has 0 radical (unpaired) electrons. The molecule has 1 N–H and O–H groups in total. The molecule has 1 fully saturated rings. The van der Waals surface area contributed by atoms with Gasteiger partial charge in [0.15, 0.2) is 0 Å². The van der Waals surface area contributed by atoms with Crippen molar-refractivity contribution in [3.05, 3.63) is 42.5 Å². The lowest BCUT2D eigenvalue weighted by molar-refractivity contribution is -0.000293. The molecule has 5 heteroatoms. The van der Waals surface area contributed by atoms with Crippen molar-refractivity contribution in [2.24, 2.45) is 10.2 Å². The molecule has 0 amide bonds. The Morgan fingerprint density at radius 3 is 3.10 bits per heavy atom. The molecule has 1 aliphatic heterocycles. The van der Waals surface area contributed by atoms with Gasteiger partial charge in [-0.15, -0.1) is 5.10 Å². The number of hydrogen-bond acceptors (Lipinski definition) is 5. The molecule has 0 unspecified atom stereocenters. The summed E-state index contributed by atoms with van der Waals surface area (Å²) in [5.74, 6) is 0.985. The molecule has 0 spiro atoms. The Hall–Kier alpha value is -1.98. The largest absolute Gasteiger partial charge is 0.438 e. The van der Waals surface area contributed by atoms with Crippen LogP contribution >= 0.6 is 0 Å². The SMILES string of the molecule is C=C/C(=N\N=C)Oc1cccc([C@H]2OCCN[C@@H]2C)c1. The molecule has 0 bridgehead atoms. The minimum absolute atomic E-state index is 0.0222. The Labute approximate surface area is 119 Å². The topological polar surface area (TPSA) is 55.2 Å². The van der Waals surface area contributed by atoms with Gasteiger partial charge in [0.25, 0.3) is 0 Å². The van der Waals surface area contributed by atoms with Crippen LogP contribution in [-0.2, 0) is 4.74 Å². The van der Waals surface area contributed by atoms with E-state index in [-0.39, 0.29) is 12.1 Å². The third-order valence-electron chi connectivity index (χ3n) is 3.07. The molecule has 0 aromatic heterocycles. The minimum Gasteiger partial charge on any atom is -0.438 e. The fourth-order valence-electron chi connectivity index (χ4n) is 2.16. The quantitative estimate of drug-likeness (QED) is 0.520. The van der Waals surface area contributed by atoms with Crippen LogP contribution in [0.1, 0.15) is 18.6 Å². The molecular weight excluding hydrogens is 254 g/mol. The highest BCUT2D eigenvalue weighted by Gasteiger charge is 2.23. The van der Waals surface area contributed by atoms with Gasteiger partial charge in [0.2, 0.25) is 5.90 Å². The number of hydrogen-bond donors (Lipinski definition) is 1. The highest BCUT2D eigenvalue weighted by atomic mass is 16.5. The summed E-state index contributed by atoms with van der Waals surface area (Å²) in [6, 6.07) is 8.01. The van der Waals surface area contributed by atoms with Crippen molar-refractivity contribution in [1.29, 1.82) is 0 Å². The molecule has 5 nitrogen and oxygen atoms in total. The summed E-state index contributed by atoms with van der Waals surface area (Å²) < 4.78 is 11.4. The highest BCUT2D eigenvalue weighted by molar-refractivity contribution is 5.88. The zero-order valence-corrected chi connectivity index (χ0v) is 11.6. The van der Waals surface area contributed by atoms with Crippen LogP contribution in [0.4, 0.5) is 0 Å². The first kappa shape index (κ1) is 14.4. The summed E-state index contributed by atoms with van der Waals surface area (Å²) in [4.78, 5) is 0. The standard InChI is InChI=1S/C15H19N3O2/c1-4-14(18-16-3)20-13-7-5-6-12(10-13)15-11(2)17-8-9-19-15/h4-7,10-11,15,17H,1,3,8-9H2,2H3/b18-14+/t11-,15+/m1/s1. The Kier molecular flexibility index (Phi) is 5.03. The first-order chi connectivity index (χ1) is 9.74. The average molecular weight is 273 g/mol. The zero-order valence-electron chi connectivity index (χ0n) is 11.6. The van der Waals surface area contributed by atoms with Gasteiger partial charge in [-0.05, 0) is 30.7 Å². The van der Waals surface area contributed by atoms with Crippen LogP contribution in [0.2, 0.25) is 0 Å². The van der Waals surface area contributed by atoms with Gasteiger partial charge in [0.1, 0.15) is 5.75 Å². The Morgan fingerprint density at radius 1 is 1.55 bits per heavy atom. The van der Waals surface area contributed by atoms with Gasteiger partial charge >= 0.3 is 0 Å². The van der Waals surface area contributed by atoms with Crippen LogP contribution in [0.5, 0.6) is 5.75 Å². The van der Waals surface area contributed by atoms with E-state index in [9.17, 15) is 0 Å². The highest BCUT2D eigenvalue weighted by Crippen LogP contribution is 2.26. The van der Waals surface area contributed by atoms with Gasteiger partial charge in [-0.2, -0.15) is 5.10 Å². The van der Waals surface area contributed by atoms with Gasteiger partial charge in [0.05, 0.1) is 12.7 Å². The molecule has 1 aliphatic rings. The van der Waals surface area contributed by atoms with E-state index in [1.807, 2.05) is 24.3 Å². The number of nitrogens with zero attached hydrogens (tertiary/aromatic N) is 2. The number of ether oxygens (including phenoxy) is 2. The van der Waals surface area contributed by atoms with E-state index in [0.717, 1.165) is 12.1 Å². The van der Waals surface area contributed by atoms with Crippen LogP contribution in [-0.4, -0.2) is 31.8 Å². The normalized spacial score (nSPS) is 23.1. The van der Waals surface area contributed by atoms with E-state index in [4.69, 9.17) is 9.47 Å². The summed E-state index contributed by atoms with van der Waals surface area (Å²) in [6.07, 6.45) is 1.51. The number of benzene rings is 1. The fraction of sp³-hybridized carbons (Fsp3) is 0.333. The summed E-state index contributed by atoms with van der Waals surface area (Å²) in [5, 5.41) is 10.6. The number of nitrogens with one attached hydrogen (secondary N) is 1. The molecular formula is C15H19N3O2. The van der Waals surface area contributed by atoms with Crippen molar-refractivity contribution >= 4 is 12.6 Å². The molecule has 0 aliphatic carbocycles. The lowest BCUT2D eigenvalue weighted by atomic mass is 10.0. The van der Waals surface area contributed by atoms with Crippen molar-refractivity contribution in [3.63, 3.8) is 0 Å². The van der Waals surface area contributed by atoms with Gasteiger partial charge in [-0.1, -0.05) is 18.7 Å². The maximum absolute atomic E-state index is 5.81. The Balaban J connectivity index is 2.17. The van der Waals surface area contributed by atoms with Gasteiger partial charge in [0, 0.05) is 19.3 Å². The molecule has 0 saturated carbocycles. The molecule has 106 valence electrons. The Morgan fingerprint density at radius 2 is 2.40 bits per heavy atom. The molecule has 20 heavy (non-hydrogen) atoms. The van der Waals surface area contributed by atoms with E-state index in [0.29, 0.717) is 18.3 Å². The second-order valence-corrected chi connectivity index (χ2v) is 4.49.